The summed E-state index contributed by atoms with van der Waals surface area (Å²) in [6, 6.07) is 0. The summed E-state index contributed by atoms with van der Waals surface area (Å²) < 4.78 is 9.87. The van der Waals surface area contributed by atoms with Crippen LogP contribution in [0.15, 0.2) is 0 Å². The molecule has 78 valence electrons. The van der Waals surface area contributed by atoms with Crippen LogP contribution in [-0.4, -0.2) is 58.9 Å². The van der Waals surface area contributed by atoms with Crippen molar-refractivity contribution >= 4 is 12.6 Å². The molecule has 3 N–H and O–H groups in total. The molecule has 1 aliphatic rings. The highest BCUT2D eigenvalue weighted by Crippen LogP contribution is 2.23. The van der Waals surface area contributed by atoms with Gasteiger partial charge in [0.2, 0.25) is 0 Å². The van der Waals surface area contributed by atoms with E-state index in [1.54, 1.807) is 0 Å². The number of thiol groups is 1. The Kier molecular flexibility index (Phi) is 3.96. The van der Waals surface area contributed by atoms with Crippen LogP contribution in [0.1, 0.15) is 0 Å². The van der Waals surface area contributed by atoms with Gasteiger partial charge in [0.15, 0.2) is 0 Å². The van der Waals surface area contributed by atoms with Gasteiger partial charge in [-0.05, 0) is 0 Å². The third-order valence-electron chi connectivity index (χ3n) is 2.02. The molecular formula is C7H14O5S. The Morgan fingerprint density at radius 1 is 1.23 bits per heavy atom. The van der Waals surface area contributed by atoms with Crippen LogP contribution in [0.4, 0.5) is 0 Å². The Hall–Kier alpha value is 0.150. The van der Waals surface area contributed by atoms with Gasteiger partial charge in [-0.2, -0.15) is 0 Å². The van der Waals surface area contributed by atoms with Crippen molar-refractivity contribution in [3.63, 3.8) is 0 Å². The average molecular weight is 210 g/mol. The number of rotatable bonds is 2. The summed E-state index contributed by atoms with van der Waals surface area (Å²) >= 11 is 3.91. The molecule has 0 unspecified atom stereocenters. The van der Waals surface area contributed by atoms with Crippen LogP contribution >= 0.6 is 12.6 Å². The Labute approximate surface area is 81.7 Å². The van der Waals surface area contributed by atoms with E-state index in [2.05, 4.69) is 12.6 Å². The number of hydrogen-bond donors (Lipinski definition) is 4. The molecule has 0 saturated carbocycles. The summed E-state index contributed by atoms with van der Waals surface area (Å²) in [5, 5.41) is 28.0. The Bertz CT molecular complexity index is 167. The summed E-state index contributed by atoms with van der Waals surface area (Å²) in [6.07, 6.45) is -4.20. The summed E-state index contributed by atoms with van der Waals surface area (Å²) in [5.41, 5.74) is -0.793. The van der Waals surface area contributed by atoms with Crippen LogP contribution in [0, 0.1) is 0 Å². The summed E-state index contributed by atoms with van der Waals surface area (Å²) in [5.74, 6) is 0. The van der Waals surface area contributed by atoms with Gasteiger partial charge < -0.3 is 24.8 Å². The molecule has 0 aliphatic carbocycles. The largest absolute Gasteiger partial charge is 0.387 e. The fourth-order valence-electron chi connectivity index (χ4n) is 1.23. The van der Waals surface area contributed by atoms with Gasteiger partial charge >= 0.3 is 0 Å². The molecule has 0 aromatic rings. The summed E-state index contributed by atoms with van der Waals surface area (Å²) in [7, 11) is 1.46. The van der Waals surface area contributed by atoms with Crippen LogP contribution in [-0.2, 0) is 9.47 Å². The molecule has 1 heterocycles. The zero-order chi connectivity index (χ0) is 10.0. The lowest BCUT2D eigenvalue weighted by Crippen LogP contribution is -2.57. The second kappa shape index (κ2) is 4.59. The zero-order valence-electron chi connectivity index (χ0n) is 7.20. The molecule has 0 bridgehead atoms. The molecule has 6 heteroatoms. The van der Waals surface area contributed by atoms with Crippen molar-refractivity contribution in [3.05, 3.63) is 0 Å². The molecule has 0 spiro atoms. The molecule has 1 rings (SSSR count). The highest BCUT2D eigenvalue weighted by Gasteiger charge is 2.42. The van der Waals surface area contributed by atoms with Gasteiger partial charge in [0.05, 0.1) is 6.61 Å². The van der Waals surface area contributed by atoms with E-state index in [1.807, 2.05) is 0 Å². The van der Waals surface area contributed by atoms with E-state index in [0.29, 0.717) is 0 Å². The maximum absolute atomic E-state index is 9.41. The Morgan fingerprint density at radius 3 is 2.38 bits per heavy atom. The predicted octanol–water partition coefficient (Wildman–Crippen LogP) is -1.63. The fourth-order valence-corrected chi connectivity index (χ4v) is 1.57. The molecule has 0 aromatic heterocycles. The standard InChI is InChI=1S/C7H14O5S/c1-11-2-3-4(8)5(9)6(10)7(13)12-3/h3-10,13H,2H2,1H3/t3-,4-,5+,6+,7-/m1/s1. The number of aliphatic hydroxyl groups is 3. The minimum Gasteiger partial charge on any atom is -0.387 e. The highest BCUT2D eigenvalue weighted by molar-refractivity contribution is 7.80. The molecule has 0 amide bonds. The molecule has 1 aliphatic heterocycles. The first-order valence-corrected chi connectivity index (χ1v) is 4.46. The number of ether oxygens (including phenoxy) is 2. The minimum atomic E-state index is -1.24. The van der Waals surface area contributed by atoms with Gasteiger partial charge in [-0.1, -0.05) is 0 Å². The lowest BCUT2D eigenvalue weighted by Gasteiger charge is -2.38. The Morgan fingerprint density at radius 2 is 1.85 bits per heavy atom. The molecule has 0 radical (unpaired) electrons. The van der Waals surface area contributed by atoms with E-state index in [9.17, 15) is 15.3 Å². The van der Waals surface area contributed by atoms with Crippen molar-refractivity contribution in [2.45, 2.75) is 29.9 Å². The molecule has 1 fully saturated rings. The maximum atomic E-state index is 9.41. The van der Waals surface area contributed by atoms with Gasteiger partial charge in [-0.3, -0.25) is 0 Å². The fraction of sp³-hybridized carbons (Fsp3) is 1.00. The van der Waals surface area contributed by atoms with Gasteiger partial charge in [0.1, 0.15) is 29.9 Å². The van der Waals surface area contributed by atoms with Crippen LogP contribution in [0.25, 0.3) is 0 Å². The van der Waals surface area contributed by atoms with Crippen molar-refractivity contribution in [2.75, 3.05) is 13.7 Å². The molecule has 13 heavy (non-hydrogen) atoms. The Balaban J connectivity index is 2.59. The second-order valence-corrected chi connectivity index (χ2v) is 3.50. The van der Waals surface area contributed by atoms with Crippen molar-refractivity contribution in [1.82, 2.24) is 0 Å². The topological polar surface area (TPSA) is 79.2 Å². The van der Waals surface area contributed by atoms with E-state index >= 15 is 0 Å². The van der Waals surface area contributed by atoms with E-state index in [4.69, 9.17) is 9.47 Å². The number of hydrogen-bond acceptors (Lipinski definition) is 6. The third-order valence-corrected chi connectivity index (χ3v) is 2.45. The van der Waals surface area contributed by atoms with E-state index < -0.39 is 29.9 Å². The van der Waals surface area contributed by atoms with E-state index in [0.717, 1.165) is 0 Å². The SMILES string of the molecule is COC[C@H]1O[C@H](S)[C@@H](O)[C@@H](O)[C@@H]1O. The monoisotopic (exact) mass is 210 g/mol. The molecule has 0 aromatic carbocycles. The van der Waals surface area contributed by atoms with E-state index in [1.165, 1.54) is 7.11 Å². The molecular weight excluding hydrogens is 196 g/mol. The van der Waals surface area contributed by atoms with Gasteiger partial charge in [-0.25, -0.2) is 0 Å². The van der Waals surface area contributed by atoms with Gasteiger partial charge in [-0.15, -0.1) is 12.6 Å². The normalized spacial score (nSPS) is 46.4. The first-order valence-electron chi connectivity index (χ1n) is 3.94. The minimum absolute atomic E-state index is 0.155. The van der Waals surface area contributed by atoms with Crippen LogP contribution in [0.3, 0.4) is 0 Å². The van der Waals surface area contributed by atoms with Gasteiger partial charge in [0, 0.05) is 7.11 Å². The number of aliphatic hydroxyl groups excluding tert-OH is 3. The van der Waals surface area contributed by atoms with Gasteiger partial charge in [0.25, 0.3) is 0 Å². The molecule has 5 nitrogen and oxygen atoms in total. The second-order valence-electron chi connectivity index (χ2n) is 2.99. The summed E-state index contributed by atoms with van der Waals surface area (Å²) in [6.45, 7) is 0.155. The lowest BCUT2D eigenvalue weighted by atomic mass is 10.0. The quantitative estimate of drug-likeness (QED) is 0.412. The first kappa shape index (κ1) is 11.2. The molecule has 5 atom stereocenters. The van der Waals surface area contributed by atoms with Crippen molar-refractivity contribution < 1.29 is 24.8 Å². The zero-order valence-corrected chi connectivity index (χ0v) is 8.09. The van der Waals surface area contributed by atoms with Crippen molar-refractivity contribution in [2.24, 2.45) is 0 Å². The van der Waals surface area contributed by atoms with Crippen LogP contribution < -0.4 is 0 Å². The smallest absolute Gasteiger partial charge is 0.129 e. The average Bonchev–Trinajstić information content (AvgIpc) is 2.11. The third kappa shape index (κ3) is 2.34. The number of methoxy groups -OCH3 is 1. The predicted molar refractivity (Wildman–Crippen MR) is 47.5 cm³/mol. The van der Waals surface area contributed by atoms with E-state index in [-0.39, 0.29) is 6.61 Å². The first-order chi connectivity index (χ1) is 6.07. The maximum Gasteiger partial charge on any atom is 0.129 e. The van der Waals surface area contributed by atoms with Crippen LogP contribution in [0.2, 0.25) is 0 Å². The highest BCUT2D eigenvalue weighted by atomic mass is 32.1. The van der Waals surface area contributed by atoms with Crippen molar-refractivity contribution in [1.29, 1.82) is 0 Å². The lowest BCUT2D eigenvalue weighted by molar-refractivity contribution is -0.207. The summed E-state index contributed by atoms with van der Waals surface area (Å²) in [4.78, 5) is 0. The molecule has 1 saturated heterocycles. The van der Waals surface area contributed by atoms with Crippen molar-refractivity contribution in [3.8, 4) is 0 Å². The van der Waals surface area contributed by atoms with Crippen LogP contribution in [0.5, 0.6) is 0 Å².